The first-order valence-electron chi connectivity index (χ1n) is 26.0. The molecule has 0 aliphatic carbocycles. The molecule has 0 bridgehead atoms. The average Bonchev–Trinajstić information content (AvgIpc) is 3.24. The lowest BCUT2D eigenvalue weighted by Gasteiger charge is -2.18. The van der Waals surface area contributed by atoms with Crippen LogP contribution in [-0.4, -0.2) is 37.2 Å². The highest BCUT2D eigenvalue weighted by Crippen LogP contribution is 2.15. The van der Waals surface area contributed by atoms with Crippen LogP contribution in [0.1, 0.15) is 271 Å². The molecule has 0 N–H and O–H groups in total. The van der Waals surface area contributed by atoms with E-state index in [4.69, 9.17) is 14.2 Å². The fourth-order valence-electron chi connectivity index (χ4n) is 7.39. The largest absolute Gasteiger partial charge is 0.462 e. The Hall–Kier alpha value is -2.37. The van der Waals surface area contributed by atoms with Crippen LogP contribution < -0.4 is 0 Å². The molecule has 0 heterocycles. The van der Waals surface area contributed by atoms with Crippen molar-refractivity contribution < 1.29 is 28.6 Å². The van der Waals surface area contributed by atoms with Gasteiger partial charge in [-0.2, -0.15) is 0 Å². The maximum atomic E-state index is 12.8. The molecule has 350 valence electrons. The molecule has 1 atom stereocenters. The molecule has 60 heavy (non-hydrogen) atoms. The molecule has 0 saturated carbocycles. The van der Waals surface area contributed by atoms with E-state index >= 15 is 0 Å². The number of allylic oxidation sites excluding steroid dienone is 6. The molecule has 0 radical (unpaired) electrons. The van der Waals surface area contributed by atoms with Crippen LogP contribution in [0.4, 0.5) is 0 Å². The zero-order chi connectivity index (χ0) is 43.7. The van der Waals surface area contributed by atoms with Crippen LogP contribution in [0.5, 0.6) is 0 Å². The van der Waals surface area contributed by atoms with Crippen molar-refractivity contribution in [3.8, 4) is 0 Å². The number of hydrogen-bond donors (Lipinski definition) is 0. The van der Waals surface area contributed by atoms with Gasteiger partial charge in [-0.3, -0.25) is 14.4 Å². The van der Waals surface area contributed by atoms with Gasteiger partial charge >= 0.3 is 17.9 Å². The molecular formula is C54H98O6. The van der Waals surface area contributed by atoms with E-state index in [1.807, 2.05) is 0 Å². The summed E-state index contributed by atoms with van der Waals surface area (Å²) < 4.78 is 16.8. The van der Waals surface area contributed by atoms with Gasteiger partial charge < -0.3 is 14.2 Å². The first-order valence-corrected chi connectivity index (χ1v) is 26.0. The molecule has 0 fully saturated rings. The Balaban J connectivity index is 4.30. The molecule has 0 spiro atoms. The lowest BCUT2D eigenvalue weighted by Crippen LogP contribution is -2.30. The van der Waals surface area contributed by atoms with Crippen molar-refractivity contribution in [3.05, 3.63) is 36.5 Å². The molecule has 0 aliphatic rings. The highest BCUT2D eigenvalue weighted by Gasteiger charge is 2.19. The summed E-state index contributed by atoms with van der Waals surface area (Å²) in [4.78, 5) is 37.9. The molecule has 6 nitrogen and oxygen atoms in total. The fraction of sp³-hybridized carbons (Fsp3) is 0.833. The van der Waals surface area contributed by atoms with Gasteiger partial charge in [-0.1, -0.05) is 218 Å². The summed E-state index contributed by atoms with van der Waals surface area (Å²) in [5, 5.41) is 0. The van der Waals surface area contributed by atoms with Gasteiger partial charge in [0.05, 0.1) is 0 Å². The standard InChI is InChI=1S/C54H98O6/c1-4-7-10-13-16-19-22-24-25-26-27-28-29-30-33-35-38-41-44-47-53(56)59-50-51(49-58-52(55)46-43-40-37-34-31-21-18-15-12-9-6-3)60-54(57)48-45-42-39-36-32-23-20-17-14-11-8-5-2/h15-16,18-19,24-25,51H,4-14,17,20-23,26-50H2,1-3H3/b18-15-,19-16-,25-24-/t51-/m1/s1. The monoisotopic (exact) mass is 843 g/mol. The molecule has 0 unspecified atom stereocenters. The Morgan fingerprint density at radius 2 is 0.617 bits per heavy atom. The lowest BCUT2D eigenvalue weighted by molar-refractivity contribution is -0.167. The molecule has 0 aromatic carbocycles. The molecule has 0 amide bonds. The highest BCUT2D eigenvalue weighted by atomic mass is 16.6. The van der Waals surface area contributed by atoms with E-state index in [-0.39, 0.29) is 31.1 Å². The van der Waals surface area contributed by atoms with Crippen LogP contribution >= 0.6 is 0 Å². The SMILES string of the molecule is CCCC/C=C\CCCCCCCC(=O)OC[C@H](COC(=O)CCCCCCCCCCC/C=C\C/C=C\CCCCC)OC(=O)CCCCCCCCCCCCCC. The minimum Gasteiger partial charge on any atom is -0.462 e. The second-order valence-corrected chi connectivity index (χ2v) is 17.4. The van der Waals surface area contributed by atoms with Crippen LogP contribution in [-0.2, 0) is 28.6 Å². The number of hydrogen-bond acceptors (Lipinski definition) is 6. The van der Waals surface area contributed by atoms with Crippen LogP contribution in [0.3, 0.4) is 0 Å². The van der Waals surface area contributed by atoms with Crippen molar-refractivity contribution in [1.82, 2.24) is 0 Å². The van der Waals surface area contributed by atoms with Crippen molar-refractivity contribution in [2.75, 3.05) is 13.2 Å². The van der Waals surface area contributed by atoms with Crippen LogP contribution in [0.25, 0.3) is 0 Å². The predicted octanol–water partition coefficient (Wildman–Crippen LogP) is 16.9. The van der Waals surface area contributed by atoms with Gasteiger partial charge in [-0.05, 0) is 70.6 Å². The Morgan fingerprint density at radius 1 is 0.333 bits per heavy atom. The molecule has 0 saturated heterocycles. The van der Waals surface area contributed by atoms with E-state index in [0.29, 0.717) is 19.3 Å². The number of unbranched alkanes of at least 4 members (excludes halogenated alkanes) is 30. The third kappa shape index (κ3) is 46.7. The first-order chi connectivity index (χ1) is 29.5. The third-order valence-corrected chi connectivity index (χ3v) is 11.4. The summed E-state index contributed by atoms with van der Waals surface area (Å²) in [5.74, 6) is -0.879. The number of carbonyl (C=O) groups is 3. The minimum absolute atomic E-state index is 0.0743. The van der Waals surface area contributed by atoms with Crippen LogP contribution in [0.15, 0.2) is 36.5 Å². The molecule has 0 aromatic rings. The molecule has 0 rings (SSSR count). The van der Waals surface area contributed by atoms with E-state index in [1.54, 1.807) is 0 Å². The maximum Gasteiger partial charge on any atom is 0.306 e. The lowest BCUT2D eigenvalue weighted by atomic mass is 10.0. The summed E-state index contributed by atoms with van der Waals surface area (Å²) in [5.41, 5.74) is 0. The van der Waals surface area contributed by atoms with Crippen molar-refractivity contribution in [2.24, 2.45) is 0 Å². The quantitative estimate of drug-likeness (QED) is 0.0263. The van der Waals surface area contributed by atoms with Crippen LogP contribution in [0, 0.1) is 0 Å². The average molecular weight is 843 g/mol. The van der Waals surface area contributed by atoms with Gasteiger partial charge in [0.25, 0.3) is 0 Å². The van der Waals surface area contributed by atoms with E-state index in [2.05, 4.69) is 57.2 Å². The van der Waals surface area contributed by atoms with E-state index in [0.717, 1.165) is 70.6 Å². The fourth-order valence-corrected chi connectivity index (χ4v) is 7.39. The minimum atomic E-state index is -0.772. The van der Waals surface area contributed by atoms with Gasteiger partial charge in [-0.15, -0.1) is 0 Å². The summed E-state index contributed by atoms with van der Waals surface area (Å²) in [6, 6.07) is 0. The van der Waals surface area contributed by atoms with Crippen LogP contribution in [0.2, 0.25) is 0 Å². The van der Waals surface area contributed by atoms with E-state index in [9.17, 15) is 14.4 Å². The van der Waals surface area contributed by atoms with Gasteiger partial charge in [0.1, 0.15) is 13.2 Å². The molecular weight excluding hydrogens is 745 g/mol. The number of rotatable bonds is 47. The summed E-state index contributed by atoms with van der Waals surface area (Å²) >= 11 is 0. The summed E-state index contributed by atoms with van der Waals surface area (Å²) in [6.45, 7) is 6.58. The van der Waals surface area contributed by atoms with E-state index < -0.39 is 6.10 Å². The topological polar surface area (TPSA) is 78.9 Å². The Kier molecular flexibility index (Phi) is 47.3. The summed E-state index contributed by atoms with van der Waals surface area (Å²) in [6.07, 6.45) is 57.0. The van der Waals surface area contributed by atoms with Crippen molar-refractivity contribution in [1.29, 1.82) is 0 Å². The van der Waals surface area contributed by atoms with Gasteiger partial charge in [-0.25, -0.2) is 0 Å². The number of ether oxygens (including phenoxy) is 3. The number of carbonyl (C=O) groups excluding carboxylic acids is 3. The normalized spacial score (nSPS) is 12.2. The third-order valence-electron chi connectivity index (χ3n) is 11.4. The van der Waals surface area contributed by atoms with Crippen molar-refractivity contribution in [2.45, 2.75) is 277 Å². The van der Waals surface area contributed by atoms with E-state index in [1.165, 1.54) is 161 Å². The van der Waals surface area contributed by atoms with Gasteiger partial charge in [0.15, 0.2) is 6.10 Å². The smallest absolute Gasteiger partial charge is 0.306 e. The molecule has 0 aromatic heterocycles. The zero-order valence-electron chi connectivity index (χ0n) is 40.0. The Morgan fingerprint density at radius 3 is 1.02 bits per heavy atom. The summed E-state index contributed by atoms with van der Waals surface area (Å²) in [7, 11) is 0. The van der Waals surface area contributed by atoms with Crippen molar-refractivity contribution >= 4 is 17.9 Å². The Labute approximate surface area is 372 Å². The highest BCUT2D eigenvalue weighted by molar-refractivity contribution is 5.71. The Bertz CT molecular complexity index is 1020. The molecule has 0 aliphatic heterocycles. The second-order valence-electron chi connectivity index (χ2n) is 17.4. The zero-order valence-corrected chi connectivity index (χ0v) is 40.0. The van der Waals surface area contributed by atoms with Crippen molar-refractivity contribution in [3.63, 3.8) is 0 Å². The maximum absolute atomic E-state index is 12.8. The number of esters is 3. The predicted molar refractivity (Wildman–Crippen MR) is 256 cm³/mol. The first kappa shape index (κ1) is 57.6. The van der Waals surface area contributed by atoms with Gasteiger partial charge in [0.2, 0.25) is 0 Å². The molecule has 6 heteroatoms. The second kappa shape index (κ2) is 49.3. The van der Waals surface area contributed by atoms with Gasteiger partial charge in [0, 0.05) is 19.3 Å².